The molecule has 0 bridgehead atoms. The maximum absolute atomic E-state index is 12.2. The lowest BCUT2D eigenvalue weighted by molar-refractivity contribution is -0.151. The van der Waals surface area contributed by atoms with E-state index in [9.17, 15) is 4.79 Å². The highest BCUT2D eigenvalue weighted by atomic mass is 16.5. The molecule has 1 rings (SSSR count). The summed E-state index contributed by atoms with van der Waals surface area (Å²) >= 11 is 0. The number of nitrogens with zero attached hydrogens (tertiary/aromatic N) is 2. The Bertz CT molecular complexity index is 434. The number of hydrogen-bond acceptors (Lipinski definition) is 6. The molecule has 1 atom stereocenters. The van der Waals surface area contributed by atoms with Crippen LogP contribution in [-0.4, -0.2) is 28.3 Å². The van der Waals surface area contributed by atoms with Crippen LogP contribution >= 0.6 is 0 Å². The van der Waals surface area contributed by atoms with Gasteiger partial charge in [-0.25, -0.2) is 0 Å². The van der Waals surface area contributed by atoms with Crippen molar-refractivity contribution in [1.29, 1.82) is 0 Å². The van der Waals surface area contributed by atoms with Crippen LogP contribution in [0.25, 0.3) is 0 Å². The highest BCUT2D eigenvalue weighted by Crippen LogP contribution is 2.18. The van der Waals surface area contributed by atoms with Crippen LogP contribution in [-0.2, 0) is 16.1 Å². The van der Waals surface area contributed by atoms with Crippen LogP contribution in [0.1, 0.15) is 64.7 Å². The van der Waals surface area contributed by atoms with E-state index in [-0.39, 0.29) is 5.97 Å². The zero-order chi connectivity index (χ0) is 15.7. The molecule has 1 N–H and O–H groups in total. The summed E-state index contributed by atoms with van der Waals surface area (Å²) in [5, 5.41) is 10.9. The van der Waals surface area contributed by atoms with Crippen molar-refractivity contribution in [3.8, 4) is 0 Å². The fourth-order valence-corrected chi connectivity index (χ4v) is 2.14. The fraction of sp³-hybridized carbons (Fsp3) is 0.800. The molecule has 0 saturated heterocycles. The SMILES string of the molecule is CCCCCC[C@](C)(NCc1nnc(C)o1)C(=O)OCC. The molecule has 1 aromatic rings. The third-order valence-corrected chi connectivity index (χ3v) is 3.45. The van der Waals surface area contributed by atoms with Gasteiger partial charge in [0.2, 0.25) is 11.8 Å². The maximum atomic E-state index is 12.2. The smallest absolute Gasteiger partial charge is 0.326 e. The highest BCUT2D eigenvalue weighted by Gasteiger charge is 2.34. The normalized spacial score (nSPS) is 13.9. The number of ether oxygens (including phenoxy) is 1. The van der Waals surface area contributed by atoms with Crippen molar-refractivity contribution in [2.45, 2.75) is 71.9 Å². The predicted octanol–water partition coefficient (Wildman–Crippen LogP) is 2.76. The summed E-state index contributed by atoms with van der Waals surface area (Å²) in [5.74, 6) is 0.780. The van der Waals surface area contributed by atoms with Gasteiger partial charge in [0.1, 0.15) is 5.54 Å². The van der Waals surface area contributed by atoms with Crippen LogP contribution in [0.15, 0.2) is 4.42 Å². The van der Waals surface area contributed by atoms with Gasteiger partial charge in [0.05, 0.1) is 13.2 Å². The van der Waals surface area contributed by atoms with Crippen LogP contribution < -0.4 is 5.32 Å². The number of aromatic nitrogens is 2. The van der Waals surface area contributed by atoms with Crippen molar-refractivity contribution in [1.82, 2.24) is 15.5 Å². The number of hydrogen-bond donors (Lipinski definition) is 1. The molecule has 0 spiro atoms. The summed E-state index contributed by atoms with van der Waals surface area (Å²) in [7, 11) is 0. The number of rotatable bonds is 10. The van der Waals surface area contributed by atoms with E-state index >= 15 is 0 Å². The minimum atomic E-state index is -0.716. The molecule has 21 heavy (non-hydrogen) atoms. The molecule has 0 aliphatic heterocycles. The van der Waals surface area contributed by atoms with Crippen LogP contribution in [0, 0.1) is 6.92 Å². The molecule has 1 aromatic heterocycles. The second-order valence-corrected chi connectivity index (χ2v) is 5.43. The van der Waals surface area contributed by atoms with E-state index in [1.165, 1.54) is 12.8 Å². The quantitative estimate of drug-likeness (QED) is 0.528. The van der Waals surface area contributed by atoms with Crippen molar-refractivity contribution < 1.29 is 13.9 Å². The zero-order valence-corrected chi connectivity index (χ0v) is 13.6. The van der Waals surface area contributed by atoms with Crippen molar-refractivity contribution in [2.24, 2.45) is 0 Å². The summed E-state index contributed by atoms with van der Waals surface area (Å²) in [6.07, 6.45) is 5.19. The fourth-order valence-electron chi connectivity index (χ4n) is 2.14. The van der Waals surface area contributed by atoms with Crippen LogP contribution in [0.4, 0.5) is 0 Å². The molecular formula is C15H27N3O3. The topological polar surface area (TPSA) is 77.3 Å². The van der Waals surface area contributed by atoms with Gasteiger partial charge in [0.25, 0.3) is 0 Å². The van der Waals surface area contributed by atoms with Gasteiger partial charge in [-0.05, 0) is 20.3 Å². The van der Waals surface area contributed by atoms with Crippen molar-refractivity contribution in [3.63, 3.8) is 0 Å². The average Bonchev–Trinajstić information content (AvgIpc) is 2.87. The van der Waals surface area contributed by atoms with E-state index in [0.717, 1.165) is 19.3 Å². The van der Waals surface area contributed by atoms with E-state index in [0.29, 0.717) is 24.9 Å². The second kappa shape index (κ2) is 8.77. The van der Waals surface area contributed by atoms with Crippen LogP contribution in [0.5, 0.6) is 0 Å². The van der Waals surface area contributed by atoms with E-state index in [1.807, 2.05) is 13.8 Å². The van der Waals surface area contributed by atoms with Crippen LogP contribution in [0.3, 0.4) is 0 Å². The number of carbonyl (C=O) groups is 1. The van der Waals surface area contributed by atoms with E-state index in [1.54, 1.807) is 6.92 Å². The first-order valence-corrected chi connectivity index (χ1v) is 7.73. The Hall–Kier alpha value is -1.43. The minimum Gasteiger partial charge on any atom is -0.465 e. The molecule has 1 heterocycles. The molecule has 0 aliphatic carbocycles. The van der Waals surface area contributed by atoms with E-state index in [2.05, 4.69) is 22.4 Å². The number of unbranched alkanes of at least 4 members (excludes halogenated alkanes) is 3. The summed E-state index contributed by atoms with van der Waals surface area (Å²) in [6, 6.07) is 0. The lowest BCUT2D eigenvalue weighted by Gasteiger charge is -2.28. The molecule has 0 radical (unpaired) electrons. The largest absolute Gasteiger partial charge is 0.465 e. The monoisotopic (exact) mass is 297 g/mol. The first-order valence-electron chi connectivity index (χ1n) is 7.73. The summed E-state index contributed by atoms with van der Waals surface area (Å²) in [4.78, 5) is 12.2. The first kappa shape index (κ1) is 17.6. The van der Waals surface area contributed by atoms with Gasteiger partial charge < -0.3 is 9.15 Å². The molecule has 120 valence electrons. The minimum absolute atomic E-state index is 0.224. The predicted molar refractivity (Wildman–Crippen MR) is 79.7 cm³/mol. The summed E-state index contributed by atoms with van der Waals surface area (Å²) < 4.78 is 10.5. The Balaban J connectivity index is 2.59. The zero-order valence-electron chi connectivity index (χ0n) is 13.6. The highest BCUT2D eigenvalue weighted by molar-refractivity contribution is 5.80. The van der Waals surface area contributed by atoms with Crippen molar-refractivity contribution in [3.05, 3.63) is 11.8 Å². The number of aryl methyl sites for hydroxylation is 1. The summed E-state index contributed by atoms with van der Waals surface area (Å²) in [5.41, 5.74) is -0.716. The summed E-state index contributed by atoms with van der Waals surface area (Å²) in [6.45, 7) is 8.35. The Morgan fingerprint density at radius 1 is 1.29 bits per heavy atom. The van der Waals surface area contributed by atoms with E-state index < -0.39 is 5.54 Å². The Labute approximate surface area is 126 Å². The third-order valence-electron chi connectivity index (χ3n) is 3.45. The van der Waals surface area contributed by atoms with Gasteiger partial charge in [-0.2, -0.15) is 0 Å². The maximum Gasteiger partial charge on any atom is 0.326 e. The molecule has 6 heteroatoms. The molecule has 0 unspecified atom stereocenters. The van der Waals surface area contributed by atoms with Gasteiger partial charge in [0.15, 0.2) is 0 Å². The third kappa shape index (κ3) is 5.83. The number of nitrogens with one attached hydrogen (secondary N) is 1. The lowest BCUT2D eigenvalue weighted by Crippen LogP contribution is -2.50. The van der Waals surface area contributed by atoms with E-state index in [4.69, 9.17) is 9.15 Å². The van der Waals surface area contributed by atoms with Crippen molar-refractivity contribution in [2.75, 3.05) is 6.61 Å². The average molecular weight is 297 g/mol. The Morgan fingerprint density at radius 2 is 2.05 bits per heavy atom. The van der Waals surface area contributed by atoms with Gasteiger partial charge in [-0.1, -0.05) is 32.6 Å². The first-order chi connectivity index (χ1) is 10.0. The molecule has 0 aromatic carbocycles. The van der Waals surface area contributed by atoms with Gasteiger partial charge in [-0.3, -0.25) is 10.1 Å². The molecule has 0 amide bonds. The van der Waals surface area contributed by atoms with Gasteiger partial charge in [0, 0.05) is 6.92 Å². The molecular weight excluding hydrogens is 270 g/mol. The van der Waals surface area contributed by atoms with Crippen molar-refractivity contribution >= 4 is 5.97 Å². The van der Waals surface area contributed by atoms with Gasteiger partial charge in [-0.15, -0.1) is 10.2 Å². The Kier molecular flexibility index (Phi) is 7.36. The number of carbonyl (C=O) groups excluding carboxylic acids is 1. The molecule has 0 aliphatic rings. The molecule has 0 saturated carbocycles. The lowest BCUT2D eigenvalue weighted by atomic mass is 9.94. The second-order valence-electron chi connectivity index (χ2n) is 5.43. The molecule has 0 fully saturated rings. The van der Waals surface area contributed by atoms with Crippen LogP contribution in [0.2, 0.25) is 0 Å². The Morgan fingerprint density at radius 3 is 2.62 bits per heavy atom. The number of esters is 1. The van der Waals surface area contributed by atoms with Gasteiger partial charge >= 0.3 is 5.97 Å². The standard InChI is InChI=1S/C15H27N3O3/c1-5-7-8-9-10-15(4,14(19)20-6-2)16-11-13-18-17-12(3)21-13/h16H,5-11H2,1-4H3/t15-/m0/s1. The molecule has 6 nitrogen and oxygen atoms in total.